The molecule has 0 unspecified atom stereocenters. The van der Waals surface area contributed by atoms with Crippen molar-refractivity contribution in [3.05, 3.63) is 58.9 Å². The molecule has 0 aromatic heterocycles. The van der Waals surface area contributed by atoms with E-state index in [0.717, 1.165) is 11.3 Å². The highest BCUT2D eigenvalue weighted by molar-refractivity contribution is 6.31. The maximum atomic E-state index is 14.0. The molecule has 0 aliphatic heterocycles. The molecular weight excluding hydrogens is 307 g/mol. The Balaban J connectivity index is 1.69. The molecule has 0 N–H and O–H groups in total. The third-order valence-electron chi connectivity index (χ3n) is 5.23. The topological polar surface area (TPSA) is 0 Å². The third-order valence-corrected chi connectivity index (χ3v) is 5.52. The summed E-state index contributed by atoms with van der Waals surface area (Å²) in [5.74, 6) is 1.19. The molecule has 0 nitrogen and oxygen atoms in total. The number of fused-ring (bicyclic) bond motifs is 1. The summed E-state index contributed by atoms with van der Waals surface area (Å²) in [5, 5.41) is 1.78. The second-order valence-electron chi connectivity index (χ2n) is 6.71. The van der Waals surface area contributed by atoms with Crippen LogP contribution in [0.1, 0.15) is 56.9 Å². The highest BCUT2D eigenvalue weighted by atomic mass is 35.5. The van der Waals surface area contributed by atoms with Gasteiger partial charge in [0.05, 0.1) is 5.02 Å². The van der Waals surface area contributed by atoms with Crippen LogP contribution in [-0.2, 0) is 0 Å². The molecule has 1 saturated carbocycles. The van der Waals surface area contributed by atoms with Crippen LogP contribution in [-0.4, -0.2) is 0 Å². The van der Waals surface area contributed by atoms with Gasteiger partial charge < -0.3 is 0 Å². The predicted octanol–water partition coefficient (Wildman–Crippen LogP) is 7.26. The molecular formula is C21H24ClF. The Morgan fingerprint density at radius 1 is 1.13 bits per heavy atom. The molecule has 2 aromatic rings. The minimum absolute atomic E-state index is 0.201. The van der Waals surface area contributed by atoms with Crippen molar-refractivity contribution in [3.8, 4) is 0 Å². The van der Waals surface area contributed by atoms with Gasteiger partial charge in [-0.2, -0.15) is 0 Å². The molecule has 1 aliphatic carbocycles. The zero-order chi connectivity index (χ0) is 16.2. The van der Waals surface area contributed by atoms with E-state index in [1.54, 1.807) is 6.07 Å². The number of benzene rings is 2. The fourth-order valence-corrected chi connectivity index (χ4v) is 3.99. The zero-order valence-electron chi connectivity index (χ0n) is 13.7. The molecule has 2 heteroatoms. The molecule has 0 spiro atoms. The molecule has 122 valence electrons. The van der Waals surface area contributed by atoms with Crippen molar-refractivity contribution in [1.29, 1.82) is 0 Å². The van der Waals surface area contributed by atoms with E-state index in [0.29, 0.717) is 11.3 Å². The standard InChI is InChI=1S/C21H24ClF/c1-2-3-4-5-15-6-8-16(9-7-15)17-10-12-19-18(14-17)11-13-20(22)21(19)23/h2-3,10-16H,4-9H2,1H3/b3-2+. The Labute approximate surface area is 143 Å². The first kappa shape index (κ1) is 16.5. The van der Waals surface area contributed by atoms with Gasteiger partial charge in [0, 0.05) is 5.39 Å². The van der Waals surface area contributed by atoms with Gasteiger partial charge in [-0.25, -0.2) is 4.39 Å². The second kappa shape index (κ2) is 7.49. The Bertz CT molecular complexity index is 696. The van der Waals surface area contributed by atoms with E-state index in [2.05, 4.69) is 31.2 Å². The van der Waals surface area contributed by atoms with Crippen molar-refractivity contribution in [2.45, 2.75) is 51.4 Å². The molecule has 0 atom stereocenters. The lowest BCUT2D eigenvalue weighted by molar-refractivity contribution is 0.312. The predicted molar refractivity (Wildman–Crippen MR) is 97.7 cm³/mol. The lowest BCUT2D eigenvalue weighted by atomic mass is 9.77. The van der Waals surface area contributed by atoms with Gasteiger partial charge in [0.1, 0.15) is 5.82 Å². The summed E-state index contributed by atoms with van der Waals surface area (Å²) in [4.78, 5) is 0. The molecule has 0 saturated heterocycles. The Kier molecular flexibility index (Phi) is 5.38. The van der Waals surface area contributed by atoms with Gasteiger partial charge in [0.25, 0.3) is 0 Å². The van der Waals surface area contributed by atoms with Gasteiger partial charge >= 0.3 is 0 Å². The maximum Gasteiger partial charge on any atom is 0.149 e. The largest absolute Gasteiger partial charge is 0.205 e. The van der Waals surface area contributed by atoms with Gasteiger partial charge in [-0.05, 0) is 74.3 Å². The van der Waals surface area contributed by atoms with Crippen LogP contribution in [0.3, 0.4) is 0 Å². The minimum atomic E-state index is -0.302. The van der Waals surface area contributed by atoms with Gasteiger partial charge in [0.15, 0.2) is 0 Å². The third kappa shape index (κ3) is 3.77. The molecule has 1 fully saturated rings. The average molecular weight is 331 g/mol. The summed E-state index contributed by atoms with van der Waals surface area (Å²) in [6.45, 7) is 2.09. The Morgan fingerprint density at radius 2 is 1.91 bits per heavy atom. The summed E-state index contributed by atoms with van der Waals surface area (Å²) in [6, 6.07) is 9.71. The van der Waals surface area contributed by atoms with Crippen molar-refractivity contribution in [2.75, 3.05) is 0 Å². The summed E-state index contributed by atoms with van der Waals surface area (Å²) < 4.78 is 14.0. The van der Waals surface area contributed by atoms with Crippen LogP contribution in [0.5, 0.6) is 0 Å². The summed E-state index contributed by atoms with van der Waals surface area (Å²) in [7, 11) is 0. The smallest absolute Gasteiger partial charge is 0.149 e. The molecule has 3 rings (SSSR count). The van der Waals surface area contributed by atoms with E-state index < -0.39 is 0 Å². The van der Waals surface area contributed by atoms with E-state index in [1.165, 1.54) is 44.1 Å². The van der Waals surface area contributed by atoms with E-state index in [1.807, 2.05) is 12.1 Å². The lowest BCUT2D eigenvalue weighted by Crippen LogP contribution is -2.13. The van der Waals surface area contributed by atoms with Crippen molar-refractivity contribution in [1.82, 2.24) is 0 Å². The number of allylic oxidation sites excluding steroid dienone is 2. The van der Waals surface area contributed by atoms with Crippen LogP contribution < -0.4 is 0 Å². The molecule has 1 aliphatic rings. The maximum absolute atomic E-state index is 14.0. The van der Waals surface area contributed by atoms with Crippen molar-refractivity contribution < 1.29 is 4.39 Å². The first-order valence-corrected chi connectivity index (χ1v) is 9.05. The monoisotopic (exact) mass is 330 g/mol. The minimum Gasteiger partial charge on any atom is -0.205 e. The van der Waals surface area contributed by atoms with Gasteiger partial charge in [-0.3, -0.25) is 0 Å². The van der Waals surface area contributed by atoms with E-state index in [4.69, 9.17) is 11.6 Å². The summed E-state index contributed by atoms with van der Waals surface area (Å²) in [6.07, 6.45) is 12.1. The first-order valence-electron chi connectivity index (χ1n) is 8.68. The van der Waals surface area contributed by atoms with Gasteiger partial charge in [-0.1, -0.05) is 48.0 Å². The van der Waals surface area contributed by atoms with Crippen LogP contribution in [0, 0.1) is 11.7 Å². The van der Waals surface area contributed by atoms with E-state index >= 15 is 0 Å². The average Bonchev–Trinajstić information content (AvgIpc) is 2.59. The zero-order valence-corrected chi connectivity index (χ0v) is 14.5. The molecule has 0 amide bonds. The molecule has 23 heavy (non-hydrogen) atoms. The van der Waals surface area contributed by atoms with Crippen LogP contribution in [0.25, 0.3) is 10.8 Å². The number of rotatable bonds is 4. The molecule has 0 bridgehead atoms. The van der Waals surface area contributed by atoms with Crippen LogP contribution in [0.2, 0.25) is 5.02 Å². The van der Waals surface area contributed by atoms with Crippen molar-refractivity contribution in [2.24, 2.45) is 5.92 Å². The van der Waals surface area contributed by atoms with Crippen molar-refractivity contribution in [3.63, 3.8) is 0 Å². The van der Waals surface area contributed by atoms with Crippen LogP contribution >= 0.6 is 11.6 Å². The highest BCUT2D eigenvalue weighted by Crippen LogP contribution is 2.38. The second-order valence-corrected chi connectivity index (χ2v) is 7.11. The summed E-state index contributed by atoms with van der Waals surface area (Å²) in [5.41, 5.74) is 1.35. The normalized spacial score (nSPS) is 22.0. The molecule has 2 aromatic carbocycles. The van der Waals surface area contributed by atoms with E-state index in [-0.39, 0.29) is 10.8 Å². The SMILES string of the molecule is C/C=C/CCC1CCC(c2ccc3c(F)c(Cl)ccc3c2)CC1. The molecule has 0 radical (unpaired) electrons. The fraction of sp³-hybridized carbons (Fsp3) is 0.429. The summed E-state index contributed by atoms with van der Waals surface area (Å²) >= 11 is 5.86. The highest BCUT2D eigenvalue weighted by Gasteiger charge is 2.22. The number of hydrogen-bond acceptors (Lipinski definition) is 0. The van der Waals surface area contributed by atoms with Crippen molar-refractivity contribution >= 4 is 22.4 Å². The first-order chi connectivity index (χ1) is 11.2. The van der Waals surface area contributed by atoms with E-state index in [9.17, 15) is 4.39 Å². The molecule has 0 heterocycles. The lowest BCUT2D eigenvalue weighted by Gasteiger charge is -2.28. The number of halogens is 2. The van der Waals surface area contributed by atoms with Gasteiger partial charge in [0.2, 0.25) is 0 Å². The fourth-order valence-electron chi connectivity index (χ4n) is 3.82. The van der Waals surface area contributed by atoms with Crippen LogP contribution in [0.4, 0.5) is 4.39 Å². The van der Waals surface area contributed by atoms with Crippen LogP contribution in [0.15, 0.2) is 42.5 Å². The Hall–Kier alpha value is -1.34. The quantitative estimate of drug-likeness (QED) is 0.517. The Morgan fingerprint density at radius 3 is 2.65 bits per heavy atom. The number of hydrogen-bond donors (Lipinski definition) is 0. The van der Waals surface area contributed by atoms with Gasteiger partial charge in [-0.15, -0.1) is 0 Å².